The number of benzene rings is 1. The summed E-state index contributed by atoms with van der Waals surface area (Å²) in [5.74, 6) is 2.88. The Labute approximate surface area is 127 Å². The van der Waals surface area contributed by atoms with Gasteiger partial charge in [0, 0.05) is 6.04 Å². The average molecular weight is 287 g/mol. The van der Waals surface area contributed by atoms with Gasteiger partial charge in [-0.25, -0.2) is 0 Å². The molecule has 0 fully saturated rings. The van der Waals surface area contributed by atoms with E-state index in [0.717, 1.165) is 30.1 Å². The number of ether oxygens (including phenoxy) is 1. The first-order valence-electron chi connectivity index (χ1n) is 7.54. The van der Waals surface area contributed by atoms with E-state index in [1.165, 1.54) is 5.56 Å². The van der Waals surface area contributed by atoms with E-state index in [1.807, 2.05) is 31.2 Å². The first kappa shape index (κ1) is 15.6. The summed E-state index contributed by atoms with van der Waals surface area (Å²) in [5, 5.41) is 3.58. The van der Waals surface area contributed by atoms with Gasteiger partial charge in [-0.1, -0.05) is 12.1 Å². The lowest BCUT2D eigenvalue weighted by molar-refractivity contribution is 0.380. The Morgan fingerprint density at radius 1 is 1.10 bits per heavy atom. The zero-order valence-corrected chi connectivity index (χ0v) is 13.3. The average Bonchev–Trinajstić information content (AvgIpc) is 2.92. The zero-order valence-electron chi connectivity index (χ0n) is 13.3. The quantitative estimate of drug-likeness (QED) is 0.826. The highest BCUT2D eigenvalue weighted by molar-refractivity contribution is 5.27. The van der Waals surface area contributed by atoms with Crippen molar-refractivity contribution in [3.63, 3.8) is 0 Å². The van der Waals surface area contributed by atoms with Crippen molar-refractivity contribution in [3.8, 4) is 5.75 Å². The number of furan rings is 1. The minimum absolute atomic E-state index is 0.240. The highest BCUT2D eigenvalue weighted by Gasteiger charge is 2.12. The molecule has 0 saturated heterocycles. The molecule has 0 aliphatic heterocycles. The van der Waals surface area contributed by atoms with Crippen molar-refractivity contribution in [1.82, 2.24) is 5.32 Å². The molecule has 0 spiro atoms. The van der Waals surface area contributed by atoms with Crippen molar-refractivity contribution in [1.29, 1.82) is 0 Å². The highest BCUT2D eigenvalue weighted by atomic mass is 16.5. The minimum Gasteiger partial charge on any atom is -0.497 e. The molecule has 21 heavy (non-hydrogen) atoms. The van der Waals surface area contributed by atoms with Gasteiger partial charge in [0.1, 0.15) is 17.3 Å². The van der Waals surface area contributed by atoms with E-state index in [1.54, 1.807) is 7.11 Å². The van der Waals surface area contributed by atoms with Gasteiger partial charge in [0.2, 0.25) is 0 Å². The summed E-state index contributed by atoms with van der Waals surface area (Å²) < 4.78 is 10.8. The molecule has 2 unspecified atom stereocenters. The van der Waals surface area contributed by atoms with Gasteiger partial charge in [0.15, 0.2) is 0 Å². The fourth-order valence-corrected chi connectivity index (χ4v) is 2.45. The number of hydrogen-bond donors (Lipinski definition) is 1. The van der Waals surface area contributed by atoms with Gasteiger partial charge in [-0.3, -0.25) is 0 Å². The Morgan fingerprint density at radius 2 is 1.81 bits per heavy atom. The maximum absolute atomic E-state index is 5.66. The standard InChI is InChI=1S/C18H25NO2/c1-13(19-15(3)18-12-6-14(2)21-18)5-7-16-8-10-17(20-4)11-9-16/h6,8-13,15,19H,5,7H2,1-4H3. The Bertz CT molecular complexity index is 545. The van der Waals surface area contributed by atoms with Crippen LogP contribution in [0.4, 0.5) is 0 Å². The van der Waals surface area contributed by atoms with Crippen LogP contribution in [0, 0.1) is 6.92 Å². The maximum atomic E-state index is 5.66. The molecular formula is C18H25NO2. The summed E-state index contributed by atoms with van der Waals surface area (Å²) in [4.78, 5) is 0. The van der Waals surface area contributed by atoms with E-state index < -0.39 is 0 Å². The first-order valence-corrected chi connectivity index (χ1v) is 7.54. The zero-order chi connectivity index (χ0) is 15.2. The topological polar surface area (TPSA) is 34.4 Å². The second kappa shape index (κ2) is 7.32. The molecule has 2 atom stereocenters. The number of rotatable bonds is 7. The monoisotopic (exact) mass is 287 g/mol. The molecule has 3 nitrogen and oxygen atoms in total. The molecule has 0 radical (unpaired) electrons. The molecule has 0 aliphatic rings. The highest BCUT2D eigenvalue weighted by Crippen LogP contribution is 2.18. The van der Waals surface area contributed by atoms with Crippen LogP contribution in [0.2, 0.25) is 0 Å². The smallest absolute Gasteiger partial charge is 0.120 e. The van der Waals surface area contributed by atoms with Crippen LogP contribution in [0.5, 0.6) is 5.75 Å². The van der Waals surface area contributed by atoms with Crippen molar-refractivity contribution >= 4 is 0 Å². The SMILES string of the molecule is COc1ccc(CCC(C)NC(C)c2ccc(C)o2)cc1. The molecule has 0 bridgehead atoms. The molecule has 0 saturated carbocycles. The van der Waals surface area contributed by atoms with E-state index in [4.69, 9.17) is 9.15 Å². The fraction of sp³-hybridized carbons (Fsp3) is 0.444. The molecule has 0 amide bonds. The lowest BCUT2D eigenvalue weighted by Crippen LogP contribution is -2.29. The van der Waals surface area contributed by atoms with E-state index in [9.17, 15) is 0 Å². The predicted octanol–water partition coefficient (Wildman–Crippen LogP) is 4.27. The van der Waals surface area contributed by atoms with Gasteiger partial charge < -0.3 is 14.5 Å². The molecule has 2 rings (SSSR count). The summed E-state index contributed by atoms with van der Waals surface area (Å²) >= 11 is 0. The normalized spacial score (nSPS) is 13.9. The molecule has 2 aromatic rings. The van der Waals surface area contributed by atoms with E-state index in [-0.39, 0.29) is 6.04 Å². The summed E-state index contributed by atoms with van der Waals surface area (Å²) in [7, 11) is 1.69. The molecule has 1 N–H and O–H groups in total. The second-order valence-electron chi connectivity index (χ2n) is 5.62. The molecule has 114 valence electrons. The first-order chi connectivity index (χ1) is 10.1. The van der Waals surface area contributed by atoms with Gasteiger partial charge in [0.05, 0.1) is 13.2 Å². The molecular weight excluding hydrogens is 262 g/mol. The van der Waals surface area contributed by atoms with Gasteiger partial charge in [0.25, 0.3) is 0 Å². The van der Waals surface area contributed by atoms with Gasteiger partial charge in [-0.15, -0.1) is 0 Å². The summed E-state index contributed by atoms with van der Waals surface area (Å²) in [6, 6.07) is 13.0. The van der Waals surface area contributed by atoms with Crippen LogP contribution in [0.1, 0.15) is 43.4 Å². The van der Waals surface area contributed by atoms with Crippen LogP contribution < -0.4 is 10.1 Å². The van der Waals surface area contributed by atoms with E-state index in [0.29, 0.717) is 6.04 Å². The molecule has 1 aromatic carbocycles. The third-order valence-corrected chi connectivity index (χ3v) is 3.75. The predicted molar refractivity (Wildman–Crippen MR) is 85.8 cm³/mol. The fourth-order valence-electron chi connectivity index (χ4n) is 2.45. The summed E-state index contributed by atoms with van der Waals surface area (Å²) in [5.41, 5.74) is 1.34. The maximum Gasteiger partial charge on any atom is 0.120 e. The summed E-state index contributed by atoms with van der Waals surface area (Å²) in [6.07, 6.45) is 2.15. The van der Waals surface area contributed by atoms with E-state index >= 15 is 0 Å². The van der Waals surface area contributed by atoms with E-state index in [2.05, 4.69) is 31.3 Å². The van der Waals surface area contributed by atoms with Crippen LogP contribution in [-0.2, 0) is 6.42 Å². The Kier molecular flexibility index (Phi) is 5.45. The molecule has 3 heteroatoms. The summed E-state index contributed by atoms with van der Waals surface area (Å²) in [6.45, 7) is 6.33. The van der Waals surface area contributed by atoms with Gasteiger partial charge in [-0.05, 0) is 63.4 Å². The third kappa shape index (κ3) is 4.64. The van der Waals surface area contributed by atoms with Crippen LogP contribution in [0.3, 0.4) is 0 Å². The van der Waals surface area contributed by atoms with Crippen molar-refractivity contribution in [2.24, 2.45) is 0 Å². The van der Waals surface area contributed by atoms with Gasteiger partial charge in [-0.2, -0.15) is 0 Å². The lowest BCUT2D eigenvalue weighted by Gasteiger charge is -2.18. The van der Waals surface area contributed by atoms with Crippen molar-refractivity contribution in [2.45, 2.75) is 45.7 Å². The third-order valence-electron chi connectivity index (χ3n) is 3.75. The van der Waals surface area contributed by atoms with Gasteiger partial charge >= 0.3 is 0 Å². The van der Waals surface area contributed by atoms with Crippen molar-refractivity contribution in [2.75, 3.05) is 7.11 Å². The molecule has 0 aliphatic carbocycles. The van der Waals surface area contributed by atoms with Crippen molar-refractivity contribution < 1.29 is 9.15 Å². The minimum atomic E-state index is 0.240. The Hall–Kier alpha value is -1.74. The number of hydrogen-bond acceptors (Lipinski definition) is 3. The Morgan fingerprint density at radius 3 is 2.38 bits per heavy atom. The van der Waals surface area contributed by atoms with Crippen LogP contribution in [0.15, 0.2) is 40.8 Å². The van der Waals surface area contributed by atoms with Crippen LogP contribution in [-0.4, -0.2) is 13.2 Å². The second-order valence-corrected chi connectivity index (χ2v) is 5.62. The lowest BCUT2D eigenvalue weighted by atomic mass is 10.1. The largest absolute Gasteiger partial charge is 0.497 e. The number of methoxy groups -OCH3 is 1. The molecule has 1 heterocycles. The Balaban J connectivity index is 1.79. The molecule has 1 aromatic heterocycles. The van der Waals surface area contributed by atoms with Crippen molar-refractivity contribution in [3.05, 3.63) is 53.5 Å². The number of aryl methyl sites for hydroxylation is 2. The van der Waals surface area contributed by atoms with Crippen LogP contribution in [0.25, 0.3) is 0 Å². The van der Waals surface area contributed by atoms with Crippen LogP contribution >= 0.6 is 0 Å². The number of nitrogens with one attached hydrogen (secondary N) is 1.